The predicted molar refractivity (Wildman–Crippen MR) is 144 cm³/mol. The van der Waals surface area contributed by atoms with Crippen molar-refractivity contribution in [3.8, 4) is 11.5 Å². The topological polar surface area (TPSA) is 133 Å². The molecule has 0 bridgehead atoms. The Balaban J connectivity index is 0.00000441. The van der Waals surface area contributed by atoms with Gasteiger partial charge in [-0.3, -0.25) is 0 Å². The number of nitro groups is 2. The maximum atomic E-state index is 11.7. The van der Waals surface area contributed by atoms with Crippen molar-refractivity contribution in [1.82, 2.24) is 0 Å². The van der Waals surface area contributed by atoms with Crippen LogP contribution in [0.2, 0.25) is 0 Å². The van der Waals surface area contributed by atoms with E-state index in [0.29, 0.717) is 22.3 Å². The first-order valence-corrected chi connectivity index (χ1v) is 14.1. The number of benzene rings is 2. The van der Waals surface area contributed by atoms with E-state index in [9.17, 15) is 30.4 Å². The minimum atomic E-state index is -0.496. The van der Waals surface area contributed by atoms with Gasteiger partial charge in [0, 0.05) is 0 Å². The second-order valence-electron chi connectivity index (χ2n) is 12.3. The number of nitro benzene ring substituents is 2. The summed E-state index contributed by atoms with van der Waals surface area (Å²) in [5, 5.41) is 45.6. The molecule has 0 aromatic heterocycles. The fourth-order valence-corrected chi connectivity index (χ4v) is 7.05. The summed E-state index contributed by atoms with van der Waals surface area (Å²) >= 11 is 0.0520. The summed E-state index contributed by atoms with van der Waals surface area (Å²) in [6.45, 7) is 11.4. The molecule has 40 heavy (non-hydrogen) atoms. The van der Waals surface area contributed by atoms with E-state index in [1.165, 1.54) is 24.3 Å². The van der Waals surface area contributed by atoms with Crippen LogP contribution in [-0.4, -0.2) is 51.8 Å². The number of hydrogen-bond donors (Lipinski definition) is 2. The second kappa shape index (κ2) is 11.5. The average Bonchev–Trinajstić information content (AvgIpc) is 3.17. The third-order valence-corrected chi connectivity index (χ3v) is 8.95. The number of halogens is 1. The normalized spacial score (nSPS) is 21.2. The molecule has 1 aliphatic carbocycles. The van der Waals surface area contributed by atoms with Gasteiger partial charge in [0.1, 0.15) is 0 Å². The van der Waals surface area contributed by atoms with Gasteiger partial charge in [-0.15, -0.1) is 0 Å². The van der Waals surface area contributed by atoms with Crippen LogP contribution in [0.5, 0.6) is 11.5 Å². The van der Waals surface area contributed by atoms with Gasteiger partial charge in [0.05, 0.1) is 0 Å². The molecule has 0 unspecified atom stereocenters. The van der Waals surface area contributed by atoms with Crippen molar-refractivity contribution in [3.05, 3.63) is 66.7 Å². The van der Waals surface area contributed by atoms with Gasteiger partial charge in [-0.25, -0.2) is 0 Å². The van der Waals surface area contributed by atoms with Crippen molar-refractivity contribution >= 4 is 23.8 Å². The molecule has 1 heterocycles. The standard InChI is InChI=1S/C28H36N4O6.ClH.Mn/c1-27(2,3)21-13-19(31(35)36)11-17(25(21)33)15-29-23-9-7-8-10-24(23)30-16-18-12-20(32(37)38)14-22(26(18)34)28(4,5)6;;/h11-16,23-24,33-34H,7-10H2,1-6H3;1H;/q;;+2/p-1/t23-,24-;;/m1../s1. The molecule has 217 valence electrons. The third-order valence-electron chi connectivity index (χ3n) is 7.31. The van der Waals surface area contributed by atoms with Crippen LogP contribution in [-0.2, 0) is 26.2 Å². The number of phenols is 2. The smallest absolute Gasteiger partial charge is 1.00 e. The molecule has 1 aliphatic heterocycles. The average molecular weight is 615 g/mol. The van der Waals surface area contributed by atoms with E-state index in [1.807, 2.05) is 54.0 Å². The Bertz CT molecular complexity index is 1310. The SMILES string of the molecule is CC(C)(C)c1cc([N+](=O)[O-])cc(C=[N+]2[Mn][N+](=Cc3cc([N+](=O)[O-])cc(C(C)(C)C)c3O)[C@@H]3CCCC[C@H]32)c1O.[Cl-]. The van der Waals surface area contributed by atoms with Crippen molar-refractivity contribution in [1.29, 1.82) is 0 Å². The van der Waals surface area contributed by atoms with Gasteiger partial charge in [0.25, 0.3) is 0 Å². The van der Waals surface area contributed by atoms with Crippen molar-refractivity contribution < 1.29 is 55.0 Å². The Morgan fingerprint density at radius 2 is 1.12 bits per heavy atom. The van der Waals surface area contributed by atoms with E-state index in [4.69, 9.17) is 0 Å². The molecule has 0 radical (unpaired) electrons. The molecule has 2 aromatic carbocycles. The Kier molecular flexibility index (Phi) is 9.03. The Hall–Kier alpha value is -3.01. The third kappa shape index (κ3) is 6.32. The number of non-ortho nitro benzene ring substituents is 2. The van der Waals surface area contributed by atoms with Crippen LogP contribution in [0.1, 0.15) is 89.5 Å². The fourth-order valence-electron chi connectivity index (χ4n) is 5.21. The molecule has 10 nitrogen and oxygen atoms in total. The molecular formula is C28H36ClMnN4O6+. The van der Waals surface area contributed by atoms with Gasteiger partial charge < -0.3 is 12.4 Å². The van der Waals surface area contributed by atoms with E-state index in [2.05, 4.69) is 7.18 Å². The molecule has 0 spiro atoms. The van der Waals surface area contributed by atoms with Crippen LogP contribution in [0.4, 0.5) is 11.4 Å². The number of aromatic hydroxyl groups is 2. The number of rotatable bonds is 4. The molecule has 2 atom stereocenters. The maximum absolute atomic E-state index is 11.7. The van der Waals surface area contributed by atoms with Gasteiger partial charge in [0.2, 0.25) is 0 Å². The van der Waals surface area contributed by atoms with E-state index < -0.39 is 20.7 Å². The Labute approximate surface area is 246 Å². The van der Waals surface area contributed by atoms with Crippen molar-refractivity contribution in [2.45, 2.75) is 90.1 Å². The van der Waals surface area contributed by atoms with E-state index >= 15 is 0 Å². The predicted octanol–water partition coefficient (Wildman–Crippen LogP) is 2.31. The van der Waals surface area contributed by atoms with Gasteiger partial charge in [-0.05, 0) is 0 Å². The molecule has 2 aromatic rings. The van der Waals surface area contributed by atoms with Crippen LogP contribution in [0.15, 0.2) is 24.3 Å². The number of hydrogen-bond acceptors (Lipinski definition) is 6. The fraction of sp³-hybridized carbons (Fsp3) is 0.500. The molecule has 2 aliphatic rings. The zero-order valence-corrected chi connectivity index (χ0v) is 25.5. The summed E-state index contributed by atoms with van der Waals surface area (Å²) < 4.78 is 4.24. The summed E-state index contributed by atoms with van der Waals surface area (Å²) in [5.41, 5.74) is 0.645. The monoisotopic (exact) mass is 614 g/mol. The molecule has 0 amide bonds. The molecule has 4 rings (SSSR count). The summed E-state index contributed by atoms with van der Waals surface area (Å²) in [7, 11) is 0. The van der Waals surface area contributed by atoms with Crippen LogP contribution in [0, 0.1) is 20.2 Å². The van der Waals surface area contributed by atoms with E-state index in [0.717, 1.165) is 25.7 Å². The summed E-state index contributed by atoms with van der Waals surface area (Å²) in [4.78, 5) is 22.5. The first-order valence-electron chi connectivity index (χ1n) is 13.0. The summed E-state index contributed by atoms with van der Waals surface area (Å²) in [6, 6.07) is 5.88. The van der Waals surface area contributed by atoms with E-state index in [-0.39, 0.29) is 62.8 Å². The largest absolute Gasteiger partial charge is 1.00 e. The van der Waals surface area contributed by atoms with Crippen LogP contribution < -0.4 is 12.4 Å². The minimum Gasteiger partial charge on any atom is -1.00 e. The molecule has 1 saturated heterocycles. The molecule has 2 N–H and O–H groups in total. The molecule has 12 heteroatoms. The molecule has 2 fully saturated rings. The summed E-state index contributed by atoms with van der Waals surface area (Å²) in [6.07, 6.45) is 7.51. The number of fused-ring (bicyclic) bond motifs is 1. The Morgan fingerprint density at radius 3 is 1.43 bits per heavy atom. The quantitative estimate of drug-likeness (QED) is 0.309. The van der Waals surface area contributed by atoms with E-state index in [1.54, 1.807) is 0 Å². The van der Waals surface area contributed by atoms with Crippen LogP contribution >= 0.6 is 0 Å². The first-order chi connectivity index (χ1) is 18.1. The van der Waals surface area contributed by atoms with Gasteiger partial charge in [-0.1, -0.05) is 0 Å². The first kappa shape index (κ1) is 31.5. The zero-order valence-electron chi connectivity index (χ0n) is 23.5. The zero-order chi connectivity index (χ0) is 28.9. The Morgan fingerprint density at radius 1 is 0.775 bits per heavy atom. The number of phenolic OH excluding ortho intramolecular Hbond substituents is 2. The summed E-state index contributed by atoms with van der Waals surface area (Å²) in [5.74, 6) is 0.0545. The second-order valence-corrected chi connectivity index (χ2v) is 13.8. The minimum absolute atomic E-state index is 0. The van der Waals surface area contributed by atoms with Gasteiger partial charge in [-0.2, -0.15) is 0 Å². The van der Waals surface area contributed by atoms with Crippen molar-refractivity contribution in [3.63, 3.8) is 0 Å². The molecule has 1 saturated carbocycles. The van der Waals surface area contributed by atoms with Gasteiger partial charge >= 0.3 is 235 Å². The van der Waals surface area contributed by atoms with Gasteiger partial charge in [0.15, 0.2) is 0 Å². The number of nitrogens with zero attached hydrogens (tertiary/aromatic N) is 4. The van der Waals surface area contributed by atoms with Crippen molar-refractivity contribution in [2.24, 2.45) is 0 Å². The molecular weight excluding hydrogens is 579 g/mol. The maximum Gasteiger partial charge on any atom is -1.00 e. The van der Waals surface area contributed by atoms with Crippen LogP contribution in [0.3, 0.4) is 0 Å². The van der Waals surface area contributed by atoms with Crippen LogP contribution in [0.25, 0.3) is 0 Å². The van der Waals surface area contributed by atoms with Crippen molar-refractivity contribution in [2.75, 3.05) is 0 Å².